The van der Waals surface area contributed by atoms with Crippen LogP contribution in [0.4, 0.5) is 5.69 Å². The van der Waals surface area contributed by atoms with Crippen LogP contribution >= 0.6 is 0 Å². The van der Waals surface area contributed by atoms with E-state index in [4.69, 9.17) is 14.0 Å². The number of carbonyl (C=O) groups is 1. The molecule has 0 saturated heterocycles. The van der Waals surface area contributed by atoms with Gasteiger partial charge < -0.3 is 19.3 Å². The summed E-state index contributed by atoms with van der Waals surface area (Å²) in [5.74, 6) is 0.637. The lowest BCUT2D eigenvalue weighted by Crippen LogP contribution is -2.14. The van der Waals surface area contributed by atoms with Gasteiger partial charge in [0, 0.05) is 11.8 Å². The first-order valence-electron chi connectivity index (χ1n) is 9.34. The number of nitrogens with zero attached hydrogens (tertiary/aromatic N) is 4. The smallest absolute Gasteiger partial charge is 0.261 e. The number of nitrogens with one attached hydrogen (secondary N) is 1. The van der Waals surface area contributed by atoms with Crippen molar-refractivity contribution in [3.8, 4) is 34.3 Å². The van der Waals surface area contributed by atoms with Crippen molar-refractivity contribution in [2.75, 3.05) is 19.5 Å². The summed E-state index contributed by atoms with van der Waals surface area (Å²) in [5, 5.41) is 6.89. The van der Waals surface area contributed by atoms with Gasteiger partial charge in [-0.1, -0.05) is 35.5 Å². The van der Waals surface area contributed by atoms with E-state index >= 15 is 0 Å². The van der Waals surface area contributed by atoms with Crippen molar-refractivity contribution in [3.05, 3.63) is 66.3 Å². The average molecular weight is 417 g/mol. The summed E-state index contributed by atoms with van der Waals surface area (Å²) in [7, 11) is 2.99. The van der Waals surface area contributed by atoms with E-state index in [1.54, 1.807) is 25.3 Å². The number of benzene rings is 1. The highest BCUT2D eigenvalue weighted by atomic mass is 16.5. The van der Waals surface area contributed by atoms with Gasteiger partial charge in [0.1, 0.15) is 29.0 Å². The van der Waals surface area contributed by atoms with E-state index < -0.39 is 0 Å². The van der Waals surface area contributed by atoms with Gasteiger partial charge in [-0.25, -0.2) is 15.0 Å². The molecule has 0 atom stereocenters. The molecule has 3 aromatic heterocycles. The van der Waals surface area contributed by atoms with Crippen LogP contribution in [-0.2, 0) is 0 Å². The summed E-state index contributed by atoms with van der Waals surface area (Å²) in [6, 6.07) is 12.8. The van der Waals surface area contributed by atoms with Crippen LogP contribution in [0.25, 0.3) is 22.5 Å². The summed E-state index contributed by atoms with van der Waals surface area (Å²) in [4.78, 5) is 25.7. The first-order chi connectivity index (χ1) is 15.1. The fourth-order valence-electron chi connectivity index (χ4n) is 3.12. The van der Waals surface area contributed by atoms with Crippen LogP contribution < -0.4 is 14.8 Å². The molecule has 0 aliphatic heterocycles. The van der Waals surface area contributed by atoms with Crippen molar-refractivity contribution in [1.82, 2.24) is 20.1 Å². The lowest BCUT2D eigenvalue weighted by atomic mass is 10.1. The Bertz CT molecular complexity index is 1220. The molecule has 0 saturated carbocycles. The second-order valence-electron chi connectivity index (χ2n) is 6.48. The number of aromatic nitrogens is 4. The van der Waals surface area contributed by atoms with Gasteiger partial charge in [0.15, 0.2) is 0 Å². The molecule has 0 radical (unpaired) electrons. The fourth-order valence-corrected chi connectivity index (χ4v) is 3.12. The van der Waals surface area contributed by atoms with Gasteiger partial charge in [-0.3, -0.25) is 4.79 Å². The fraction of sp³-hybridized carbons (Fsp3) is 0.136. The molecule has 0 bridgehead atoms. The largest absolute Gasteiger partial charge is 0.480 e. The standard InChI is InChI=1S/C22H19N5O4/c1-13-18(19(27-31-13)14-7-5-4-6-8-14)20(28)25-17-10-9-16(26-22(17)30-3)15-11-23-12-24-21(15)29-2/h4-12H,1-3H3,(H,25,28). The minimum atomic E-state index is -0.383. The molecule has 0 spiro atoms. The maximum Gasteiger partial charge on any atom is 0.261 e. The molecule has 9 nitrogen and oxygen atoms in total. The molecule has 3 heterocycles. The summed E-state index contributed by atoms with van der Waals surface area (Å²) in [6.07, 6.45) is 2.98. The van der Waals surface area contributed by atoms with Crippen LogP contribution in [0, 0.1) is 6.92 Å². The van der Waals surface area contributed by atoms with Crippen molar-refractivity contribution in [2.45, 2.75) is 6.92 Å². The Morgan fingerprint density at radius 2 is 1.81 bits per heavy atom. The predicted molar refractivity (Wildman–Crippen MR) is 113 cm³/mol. The van der Waals surface area contributed by atoms with E-state index in [2.05, 4.69) is 25.4 Å². The zero-order valence-corrected chi connectivity index (χ0v) is 17.1. The molecular weight excluding hydrogens is 398 g/mol. The van der Waals surface area contributed by atoms with E-state index in [0.717, 1.165) is 5.56 Å². The van der Waals surface area contributed by atoms with Gasteiger partial charge in [-0.2, -0.15) is 0 Å². The molecule has 1 amide bonds. The van der Waals surface area contributed by atoms with Crippen LogP contribution in [0.2, 0.25) is 0 Å². The predicted octanol–water partition coefficient (Wildman–Crippen LogP) is 3.77. The molecule has 1 N–H and O–H groups in total. The van der Waals surface area contributed by atoms with E-state index in [1.807, 2.05) is 30.3 Å². The van der Waals surface area contributed by atoms with Crippen LogP contribution in [0.1, 0.15) is 16.1 Å². The number of methoxy groups -OCH3 is 2. The Balaban J connectivity index is 1.66. The summed E-state index contributed by atoms with van der Waals surface area (Å²) in [5.41, 5.74) is 3.12. The Morgan fingerprint density at radius 3 is 2.55 bits per heavy atom. The number of aryl methyl sites for hydroxylation is 1. The van der Waals surface area contributed by atoms with Crippen LogP contribution in [0.3, 0.4) is 0 Å². The van der Waals surface area contributed by atoms with Crippen molar-refractivity contribution in [2.24, 2.45) is 0 Å². The first kappa shape index (κ1) is 20.0. The van der Waals surface area contributed by atoms with Gasteiger partial charge in [0.25, 0.3) is 5.91 Å². The second kappa shape index (κ2) is 8.62. The number of hydrogen-bond donors (Lipinski definition) is 1. The molecule has 4 aromatic rings. The number of amides is 1. The molecule has 0 aliphatic rings. The minimum absolute atomic E-state index is 0.229. The molecule has 9 heteroatoms. The molecule has 4 rings (SSSR count). The molecule has 0 aliphatic carbocycles. The van der Waals surface area contributed by atoms with Gasteiger partial charge in [-0.15, -0.1) is 0 Å². The number of rotatable bonds is 6. The maximum atomic E-state index is 13.1. The molecule has 0 unspecified atom stereocenters. The lowest BCUT2D eigenvalue weighted by molar-refractivity contribution is 0.102. The Kier molecular flexibility index (Phi) is 5.57. The third-order valence-electron chi connectivity index (χ3n) is 4.58. The van der Waals surface area contributed by atoms with E-state index in [9.17, 15) is 4.79 Å². The van der Waals surface area contributed by atoms with E-state index in [0.29, 0.717) is 39.8 Å². The van der Waals surface area contributed by atoms with E-state index in [1.165, 1.54) is 20.5 Å². The van der Waals surface area contributed by atoms with Crippen molar-refractivity contribution in [1.29, 1.82) is 0 Å². The SMILES string of the molecule is COc1nc(-c2cncnc2OC)ccc1NC(=O)c1c(-c2ccccc2)noc1C. The second-order valence-corrected chi connectivity index (χ2v) is 6.48. The lowest BCUT2D eigenvalue weighted by Gasteiger charge is -2.12. The van der Waals surface area contributed by atoms with Gasteiger partial charge in [-0.05, 0) is 19.1 Å². The van der Waals surface area contributed by atoms with Crippen molar-refractivity contribution >= 4 is 11.6 Å². The normalized spacial score (nSPS) is 10.5. The minimum Gasteiger partial charge on any atom is -0.480 e. The van der Waals surface area contributed by atoms with Gasteiger partial charge in [0.2, 0.25) is 11.8 Å². The van der Waals surface area contributed by atoms with Crippen molar-refractivity contribution < 1.29 is 18.8 Å². The first-order valence-corrected chi connectivity index (χ1v) is 9.34. The third kappa shape index (κ3) is 3.93. The highest BCUT2D eigenvalue weighted by Crippen LogP contribution is 2.32. The number of pyridine rings is 1. The number of hydrogen-bond acceptors (Lipinski definition) is 8. The maximum absolute atomic E-state index is 13.1. The summed E-state index contributed by atoms with van der Waals surface area (Å²) in [6.45, 7) is 1.69. The van der Waals surface area contributed by atoms with Crippen molar-refractivity contribution in [3.63, 3.8) is 0 Å². The summed E-state index contributed by atoms with van der Waals surface area (Å²) >= 11 is 0. The Hall–Kier alpha value is -4.27. The Morgan fingerprint density at radius 1 is 1.03 bits per heavy atom. The third-order valence-corrected chi connectivity index (χ3v) is 4.58. The quantitative estimate of drug-likeness (QED) is 0.504. The Labute approximate surface area is 178 Å². The number of anilines is 1. The van der Waals surface area contributed by atoms with Gasteiger partial charge >= 0.3 is 0 Å². The van der Waals surface area contributed by atoms with Gasteiger partial charge in [0.05, 0.1) is 25.5 Å². The monoisotopic (exact) mass is 417 g/mol. The highest BCUT2D eigenvalue weighted by molar-refractivity contribution is 6.09. The zero-order chi connectivity index (χ0) is 21.8. The average Bonchev–Trinajstić information content (AvgIpc) is 3.21. The molecule has 0 fully saturated rings. The molecule has 1 aromatic carbocycles. The topological polar surface area (TPSA) is 112 Å². The van der Waals surface area contributed by atoms with E-state index in [-0.39, 0.29) is 11.8 Å². The van der Waals surface area contributed by atoms with Crippen LogP contribution in [0.5, 0.6) is 11.8 Å². The number of carbonyl (C=O) groups excluding carboxylic acids is 1. The van der Waals surface area contributed by atoms with Crippen LogP contribution in [-0.4, -0.2) is 40.2 Å². The molecule has 156 valence electrons. The molecule has 31 heavy (non-hydrogen) atoms. The number of ether oxygens (including phenoxy) is 2. The zero-order valence-electron chi connectivity index (χ0n) is 17.1. The van der Waals surface area contributed by atoms with Crippen LogP contribution in [0.15, 0.2) is 59.5 Å². The highest BCUT2D eigenvalue weighted by Gasteiger charge is 2.23. The summed E-state index contributed by atoms with van der Waals surface area (Å²) < 4.78 is 15.9. The molecular formula is C22H19N5O4.